The quantitative estimate of drug-likeness (QED) is 0.132. The Bertz CT molecular complexity index is 1120. The van der Waals surface area contributed by atoms with Crippen LogP contribution in [0.1, 0.15) is 23.7 Å². The molecule has 0 atom stereocenters. The summed E-state index contributed by atoms with van der Waals surface area (Å²) in [5.74, 6) is 0.498. The normalized spacial score (nSPS) is 11.9. The first-order valence-electron chi connectivity index (χ1n) is 9.63. The van der Waals surface area contributed by atoms with Gasteiger partial charge in [-0.15, -0.1) is 0 Å². The summed E-state index contributed by atoms with van der Waals surface area (Å²) in [6, 6.07) is 31.9. The molecule has 0 spiro atoms. The molecular weight excluding hydrogens is 470 g/mol. The van der Waals surface area contributed by atoms with Crippen LogP contribution >= 0.6 is 0 Å². The topological polar surface area (TPSA) is 89.8 Å². The van der Waals surface area contributed by atoms with Gasteiger partial charge in [-0.2, -0.15) is 0 Å². The number of phenols is 2. The van der Waals surface area contributed by atoms with Gasteiger partial charge >= 0.3 is 103 Å². The van der Waals surface area contributed by atoms with E-state index >= 15 is 0 Å². The van der Waals surface area contributed by atoms with Crippen LogP contribution in [-0.2, 0) is 15.1 Å². The number of carbonyl (C=O) groups is 1. The van der Waals surface area contributed by atoms with Gasteiger partial charge in [0.05, 0.1) is 5.41 Å². The van der Waals surface area contributed by atoms with Gasteiger partial charge in [0.1, 0.15) is 11.5 Å². The van der Waals surface area contributed by atoms with Gasteiger partial charge in [-0.1, -0.05) is 72.8 Å². The van der Waals surface area contributed by atoms with Gasteiger partial charge in [-0.25, -0.2) is 0 Å². The van der Waals surface area contributed by atoms with Crippen LogP contribution in [0.4, 0.5) is 0 Å². The molecule has 0 saturated carbocycles. The molecule has 0 amide bonds. The average Bonchev–Trinajstić information content (AvgIpc) is 3.12. The maximum atomic E-state index is 9.85. The van der Waals surface area contributed by atoms with Gasteiger partial charge < -0.3 is 21.8 Å². The van der Waals surface area contributed by atoms with Crippen molar-refractivity contribution in [2.75, 3.05) is 0 Å². The van der Waals surface area contributed by atoms with E-state index in [2.05, 4.69) is 53.4 Å². The molecule has 4 aromatic rings. The summed E-state index contributed by atoms with van der Waals surface area (Å²) in [7, 11) is 0. The first kappa shape index (κ1) is 28.4. The fraction of sp³-hybridized carbons (Fsp3) is 0.0385. The zero-order chi connectivity index (χ0) is 21.8. The molecule has 1 aliphatic rings. The third-order valence-electron chi connectivity index (χ3n) is 5.59. The van der Waals surface area contributed by atoms with Crippen molar-refractivity contribution in [2.24, 2.45) is 0 Å². The van der Waals surface area contributed by atoms with Crippen molar-refractivity contribution >= 4 is 6.47 Å². The summed E-state index contributed by atoms with van der Waals surface area (Å²) in [6.07, 6.45) is 0. The Hall–Kier alpha value is -0.817. The van der Waals surface area contributed by atoms with Crippen LogP contribution < -0.4 is 108 Å². The maximum Gasteiger partial charge on any atom is 1.00 e. The van der Waals surface area contributed by atoms with E-state index in [-0.39, 0.29) is 122 Å². The molecule has 156 valence electrons. The second-order valence-corrected chi connectivity index (χ2v) is 7.13. The van der Waals surface area contributed by atoms with Gasteiger partial charge in [-0.05, 0) is 57.6 Å². The Morgan fingerprint density at radius 3 is 1.33 bits per heavy atom. The number of hydrogen-bond donors (Lipinski definition) is 2. The fourth-order valence-corrected chi connectivity index (χ4v) is 4.45. The number of aromatic hydroxyl groups is 2. The first-order chi connectivity index (χ1) is 15.1. The van der Waals surface area contributed by atoms with Gasteiger partial charge in [0, 0.05) is 0 Å². The Balaban J connectivity index is 0.000000770. The molecule has 0 heterocycles. The minimum Gasteiger partial charge on any atom is -1.00 e. The second-order valence-electron chi connectivity index (χ2n) is 7.13. The molecule has 5 nitrogen and oxygen atoms in total. The van der Waals surface area contributed by atoms with Crippen LogP contribution in [0.25, 0.3) is 11.1 Å². The maximum absolute atomic E-state index is 9.85. The molecule has 0 unspecified atom stereocenters. The number of rotatable bonds is 3. The van der Waals surface area contributed by atoms with E-state index in [4.69, 9.17) is 10.1 Å². The molecule has 0 bridgehead atoms. The summed E-state index contributed by atoms with van der Waals surface area (Å²) in [4.78, 5) is 11.2. The van der Waals surface area contributed by atoms with E-state index in [1.54, 1.807) is 24.3 Å². The van der Waals surface area contributed by atoms with Crippen LogP contribution in [0.3, 0.4) is 0 Å². The molecular formula is C26H20K2O5. The Labute approximate surface area is 278 Å². The minimum atomic E-state index is -0.491. The van der Waals surface area contributed by atoms with E-state index in [9.17, 15) is 10.2 Å². The molecule has 7 heteroatoms. The van der Waals surface area contributed by atoms with Crippen molar-refractivity contribution in [3.63, 3.8) is 0 Å². The van der Waals surface area contributed by atoms with Crippen LogP contribution in [0.2, 0.25) is 0 Å². The number of fused-ring (bicyclic) bond motifs is 3. The van der Waals surface area contributed by atoms with E-state index < -0.39 is 5.41 Å². The summed E-state index contributed by atoms with van der Waals surface area (Å²) < 4.78 is 0. The predicted octanol–water partition coefficient (Wildman–Crippen LogP) is -1.98. The summed E-state index contributed by atoms with van der Waals surface area (Å²) in [5.41, 5.74) is 6.54. The molecule has 4 aromatic carbocycles. The van der Waals surface area contributed by atoms with Crippen molar-refractivity contribution < 1.29 is 129 Å². The van der Waals surface area contributed by atoms with Crippen molar-refractivity contribution in [3.05, 3.63) is 119 Å². The van der Waals surface area contributed by atoms with Gasteiger partial charge in [-0.3, -0.25) is 4.79 Å². The molecule has 0 saturated heterocycles. The molecule has 33 heavy (non-hydrogen) atoms. The Morgan fingerprint density at radius 1 is 0.667 bits per heavy atom. The van der Waals surface area contributed by atoms with E-state index in [0.29, 0.717) is 0 Å². The monoisotopic (exact) mass is 490 g/mol. The molecule has 0 fully saturated rings. The first-order valence-corrected chi connectivity index (χ1v) is 9.63. The minimum absolute atomic E-state index is 0. The van der Waals surface area contributed by atoms with Crippen LogP contribution in [0.5, 0.6) is 11.5 Å². The van der Waals surface area contributed by atoms with Crippen molar-refractivity contribution in [1.29, 1.82) is 0 Å². The zero-order valence-corrected chi connectivity index (χ0v) is 24.7. The van der Waals surface area contributed by atoms with E-state index in [0.717, 1.165) is 11.1 Å². The standard InChI is InChI=1S/C25H18O2.CH2O3.2K.H/c26-19-13-9-17(10-14-19)25(18-11-15-20(27)16-12-18)23-7-3-1-5-21(23)22-6-2-4-8-24(22)25;2-1-4-3;;;/h1-16,26-27H;1,3H;;;/q;;2*+1;-1/p-1. The van der Waals surface area contributed by atoms with Gasteiger partial charge in [0.2, 0.25) is 0 Å². The molecule has 0 aliphatic heterocycles. The van der Waals surface area contributed by atoms with Crippen LogP contribution in [-0.4, -0.2) is 16.7 Å². The summed E-state index contributed by atoms with van der Waals surface area (Å²) in [6.45, 7) is -0.181. The SMILES string of the molecule is O=CO[O-].Oc1ccc(C2(c3ccc(O)cc3)c3ccccc3-c3ccccc32)cc1.[H-].[K+].[K+]. The van der Waals surface area contributed by atoms with Gasteiger partial charge in [0.15, 0.2) is 0 Å². The van der Waals surface area contributed by atoms with Crippen LogP contribution in [0.15, 0.2) is 97.1 Å². The summed E-state index contributed by atoms with van der Waals surface area (Å²) >= 11 is 0. The number of phenolic OH excluding ortho intramolecular Hbond substituents is 2. The largest absolute Gasteiger partial charge is 1.00 e. The Morgan fingerprint density at radius 2 is 1.00 bits per heavy atom. The van der Waals surface area contributed by atoms with Gasteiger partial charge in [0.25, 0.3) is 6.47 Å². The van der Waals surface area contributed by atoms with E-state index in [1.807, 2.05) is 24.3 Å². The van der Waals surface area contributed by atoms with E-state index in [1.165, 1.54) is 22.3 Å². The average molecular weight is 491 g/mol. The fourth-order valence-electron chi connectivity index (χ4n) is 4.45. The van der Waals surface area contributed by atoms with Crippen molar-refractivity contribution in [2.45, 2.75) is 5.41 Å². The third-order valence-corrected chi connectivity index (χ3v) is 5.59. The Kier molecular flexibility index (Phi) is 11.0. The molecule has 0 radical (unpaired) electrons. The van der Waals surface area contributed by atoms with Crippen molar-refractivity contribution in [1.82, 2.24) is 0 Å². The van der Waals surface area contributed by atoms with Crippen molar-refractivity contribution in [3.8, 4) is 22.6 Å². The molecule has 5 rings (SSSR count). The number of carbonyl (C=O) groups excluding carboxylic acids is 1. The third kappa shape index (κ3) is 5.39. The predicted molar refractivity (Wildman–Crippen MR) is 115 cm³/mol. The summed E-state index contributed by atoms with van der Waals surface area (Å²) in [5, 5.41) is 28.1. The molecule has 2 N–H and O–H groups in total. The van der Waals surface area contributed by atoms with Crippen LogP contribution in [0, 0.1) is 0 Å². The number of benzene rings is 4. The molecule has 1 aliphatic carbocycles. The smallest absolute Gasteiger partial charge is 1.00 e. The number of hydrogen-bond acceptors (Lipinski definition) is 5. The zero-order valence-electron chi connectivity index (χ0n) is 19.4. The second kappa shape index (κ2) is 12.8. The molecule has 0 aromatic heterocycles.